The number of para-hydroxylation sites is 1. The van der Waals surface area contributed by atoms with Gasteiger partial charge in [0.05, 0.1) is 16.2 Å². The van der Waals surface area contributed by atoms with Crippen LogP contribution in [-0.2, 0) is 9.59 Å². The number of hydrogen-bond acceptors (Lipinski definition) is 4. The van der Waals surface area contributed by atoms with Gasteiger partial charge in [-0.25, -0.2) is 0 Å². The molecular weight excluding hydrogens is 268 g/mol. The highest BCUT2D eigenvalue weighted by Crippen LogP contribution is 2.41. The molecule has 1 N–H and O–H groups in total. The van der Waals surface area contributed by atoms with E-state index in [4.69, 9.17) is 12.2 Å². The number of benzene rings is 1. The van der Waals surface area contributed by atoms with E-state index in [0.717, 1.165) is 23.0 Å². The molecule has 1 fully saturated rings. The number of nitrogens with zero attached hydrogens (tertiary/aromatic N) is 1. The number of hydrogen-bond donors (Lipinski definition) is 1. The Morgan fingerprint density at radius 2 is 2.00 bits per heavy atom. The Morgan fingerprint density at radius 1 is 1.28 bits per heavy atom. The Morgan fingerprint density at radius 3 is 2.67 bits per heavy atom. The van der Waals surface area contributed by atoms with E-state index in [1.807, 2.05) is 24.3 Å². The third kappa shape index (κ3) is 1.49. The molecule has 0 unspecified atom stereocenters. The molecule has 0 radical (unpaired) electrons. The average Bonchev–Trinajstić information content (AvgIpc) is 2.79. The summed E-state index contributed by atoms with van der Waals surface area (Å²) < 4.78 is 0.391. The van der Waals surface area contributed by atoms with Gasteiger partial charge in [-0.1, -0.05) is 42.2 Å². The van der Waals surface area contributed by atoms with Crippen molar-refractivity contribution in [2.24, 2.45) is 0 Å². The predicted molar refractivity (Wildman–Crippen MR) is 75.1 cm³/mol. The lowest BCUT2D eigenvalue weighted by atomic mass is 10.1. The summed E-state index contributed by atoms with van der Waals surface area (Å²) in [6.07, 6.45) is 0. The topological polar surface area (TPSA) is 49.4 Å². The van der Waals surface area contributed by atoms with Gasteiger partial charge in [-0.05, 0) is 6.07 Å². The highest BCUT2D eigenvalue weighted by atomic mass is 32.2. The average molecular weight is 276 g/mol. The number of thiocarbonyl (C=S) groups is 1. The van der Waals surface area contributed by atoms with E-state index < -0.39 is 0 Å². The van der Waals surface area contributed by atoms with Crippen LogP contribution in [0.2, 0.25) is 0 Å². The molecule has 0 aromatic heterocycles. The number of carbonyl (C=O) groups excluding carboxylic acids is 2. The molecule has 2 aliphatic rings. The first-order valence-electron chi connectivity index (χ1n) is 5.24. The smallest absolute Gasteiger partial charge is 0.264 e. The molecule has 1 aromatic carbocycles. The third-order valence-electron chi connectivity index (χ3n) is 2.90. The molecule has 2 heterocycles. The normalized spacial score (nSPS) is 22.5. The number of likely N-dealkylation sites (N-methyl/N-ethyl adjacent to an activating group) is 1. The highest BCUT2D eigenvalue weighted by Gasteiger charge is 2.37. The van der Waals surface area contributed by atoms with Crippen molar-refractivity contribution in [3.63, 3.8) is 0 Å². The monoisotopic (exact) mass is 276 g/mol. The maximum atomic E-state index is 12.2. The molecule has 0 bridgehead atoms. The molecule has 6 heteroatoms. The second-order valence-corrected chi connectivity index (χ2v) is 5.62. The van der Waals surface area contributed by atoms with Crippen LogP contribution >= 0.6 is 24.0 Å². The zero-order valence-electron chi connectivity index (χ0n) is 9.39. The summed E-state index contributed by atoms with van der Waals surface area (Å²) in [5.41, 5.74) is 2.04. The molecule has 90 valence electrons. The van der Waals surface area contributed by atoms with Crippen LogP contribution < -0.4 is 10.2 Å². The van der Waals surface area contributed by atoms with Crippen molar-refractivity contribution in [2.45, 2.75) is 0 Å². The fourth-order valence-electron chi connectivity index (χ4n) is 2.07. The first kappa shape index (κ1) is 11.4. The van der Waals surface area contributed by atoms with Gasteiger partial charge in [0.15, 0.2) is 0 Å². The van der Waals surface area contributed by atoms with Crippen molar-refractivity contribution >= 4 is 51.4 Å². The fourth-order valence-corrected chi connectivity index (χ4v) is 3.18. The lowest BCUT2D eigenvalue weighted by Crippen LogP contribution is -2.22. The summed E-state index contributed by atoms with van der Waals surface area (Å²) in [5, 5.41) is 2.54. The molecule has 18 heavy (non-hydrogen) atoms. The van der Waals surface area contributed by atoms with Crippen molar-refractivity contribution in [1.82, 2.24) is 5.32 Å². The van der Waals surface area contributed by atoms with Gasteiger partial charge < -0.3 is 10.2 Å². The Balaban J connectivity index is 2.25. The van der Waals surface area contributed by atoms with Gasteiger partial charge in [0.1, 0.15) is 4.32 Å². The zero-order valence-corrected chi connectivity index (χ0v) is 11.0. The van der Waals surface area contributed by atoms with E-state index in [2.05, 4.69) is 5.32 Å². The van der Waals surface area contributed by atoms with E-state index in [1.165, 1.54) is 0 Å². The molecular formula is C12H8N2O2S2. The molecule has 0 atom stereocenters. The van der Waals surface area contributed by atoms with Crippen LogP contribution in [-0.4, -0.2) is 23.2 Å². The van der Waals surface area contributed by atoms with Crippen LogP contribution in [0, 0.1) is 0 Å². The number of rotatable bonds is 0. The number of amides is 2. The predicted octanol–water partition coefficient (Wildman–Crippen LogP) is 1.52. The summed E-state index contributed by atoms with van der Waals surface area (Å²) in [6, 6.07) is 7.41. The summed E-state index contributed by atoms with van der Waals surface area (Å²) in [4.78, 5) is 26.0. The Bertz CT molecular complexity index is 637. The van der Waals surface area contributed by atoms with Crippen molar-refractivity contribution in [2.75, 3.05) is 11.9 Å². The largest absolute Gasteiger partial charge is 0.311 e. The Kier molecular flexibility index (Phi) is 2.49. The second-order valence-electron chi connectivity index (χ2n) is 3.93. The van der Waals surface area contributed by atoms with Crippen molar-refractivity contribution in [3.05, 3.63) is 34.7 Å². The second kappa shape index (κ2) is 3.93. The summed E-state index contributed by atoms with van der Waals surface area (Å²) in [5.74, 6) is -0.461. The van der Waals surface area contributed by atoms with Gasteiger partial charge in [-0.2, -0.15) is 0 Å². The van der Waals surface area contributed by atoms with E-state index in [9.17, 15) is 9.59 Å². The number of thioether (sulfide) groups is 1. The van der Waals surface area contributed by atoms with Crippen LogP contribution in [0.15, 0.2) is 29.2 Å². The summed E-state index contributed by atoms with van der Waals surface area (Å²) >= 11 is 6.09. The maximum absolute atomic E-state index is 12.2. The number of nitrogens with one attached hydrogen (secondary N) is 1. The fraction of sp³-hybridized carbons (Fsp3) is 0.0833. The molecule has 0 aliphatic carbocycles. The number of carbonyl (C=O) groups is 2. The van der Waals surface area contributed by atoms with Crippen molar-refractivity contribution < 1.29 is 9.59 Å². The molecule has 3 rings (SSSR count). The van der Waals surface area contributed by atoms with E-state index in [1.54, 1.807) is 11.9 Å². The standard InChI is InChI=1S/C12H8N2O2S2/c1-14-7-5-3-2-4-6(7)8(11(14)16)9-10(15)13-12(17)18-9/h2-5H,1H3,(H,13,15,17)/b9-8-. The van der Waals surface area contributed by atoms with Crippen molar-refractivity contribution in [1.29, 1.82) is 0 Å². The van der Waals surface area contributed by atoms with Crippen LogP contribution in [0.1, 0.15) is 5.56 Å². The molecule has 1 saturated heterocycles. The number of fused-ring (bicyclic) bond motifs is 1. The van der Waals surface area contributed by atoms with Crippen LogP contribution in [0.4, 0.5) is 5.69 Å². The zero-order chi connectivity index (χ0) is 12.9. The van der Waals surface area contributed by atoms with Gasteiger partial charge in [-0.15, -0.1) is 0 Å². The Labute approximate surface area is 113 Å². The summed E-state index contributed by atoms with van der Waals surface area (Å²) in [7, 11) is 1.70. The van der Waals surface area contributed by atoms with Crippen LogP contribution in [0.5, 0.6) is 0 Å². The minimum Gasteiger partial charge on any atom is -0.311 e. The lowest BCUT2D eigenvalue weighted by Gasteiger charge is -2.08. The minimum absolute atomic E-state index is 0.168. The molecule has 1 aromatic rings. The van der Waals surface area contributed by atoms with Gasteiger partial charge in [0, 0.05) is 12.6 Å². The van der Waals surface area contributed by atoms with E-state index >= 15 is 0 Å². The van der Waals surface area contributed by atoms with Crippen LogP contribution in [0.25, 0.3) is 5.57 Å². The Hall–Kier alpha value is -1.66. The van der Waals surface area contributed by atoms with Crippen molar-refractivity contribution in [3.8, 4) is 0 Å². The quantitative estimate of drug-likeness (QED) is 0.576. The van der Waals surface area contributed by atoms with E-state index in [0.29, 0.717) is 14.8 Å². The van der Waals surface area contributed by atoms with Gasteiger partial charge in [-0.3, -0.25) is 9.59 Å². The first-order valence-corrected chi connectivity index (χ1v) is 6.47. The lowest BCUT2D eigenvalue weighted by molar-refractivity contribution is -0.116. The van der Waals surface area contributed by atoms with Gasteiger partial charge in [0.2, 0.25) is 0 Å². The summed E-state index contributed by atoms with van der Waals surface area (Å²) in [6.45, 7) is 0. The maximum Gasteiger partial charge on any atom is 0.264 e. The van der Waals surface area contributed by atoms with Gasteiger partial charge in [0.25, 0.3) is 11.8 Å². The minimum atomic E-state index is -0.293. The van der Waals surface area contributed by atoms with Crippen LogP contribution in [0.3, 0.4) is 0 Å². The van der Waals surface area contributed by atoms with Gasteiger partial charge >= 0.3 is 0 Å². The molecule has 2 aliphatic heterocycles. The first-order chi connectivity index (χ1) is 8.59. The molecule has 4 nitrogen and oxygen atoms in total. The molecule has 0 saturated carbocycles. The highest BCUT2D eigenvalue weighted by molar-refractivity contribution is 8.27. The third-order valence-corrected chi connectivity index (χ3v) is 4.13. The van der Waals surface area contributed by atoms with E-state index in [-0.39, 0.29) is 11.8 Å². The number of anilines is 1. The molecule has 2 amide bonds. The SMILES string of the molecule is CN1C(=O)/C(=C2\SC(=S)NC2=O)c2ccccc21. The molecule has 0 spiro atoms.